The molecule has 1 unspecified atom stereocenters. The normalized spacial score (nSPS) is 16.4. The van der Waals surface area contributed by atoms with E-state index in [2.05, 4.69) is 0 Å². The Kier molecular flexibility index (Phi) is 4.05. The Labute approximate surface area is 139 Å². The summed E-state index contributed by atoms with van der Waals surface area (Å²) in [6, 6.07) is 12.6. The maximum absolute atomic E-state index is 12.6. The number of hydrogen-bond donors (Lipinski definition) is 1. The van der Waals surface area contributed by atoms with Crippen LogP contribution in [0.1, 0.15) is 39.9 Å². The van der Waals surface area contributed by atoms with E-state index in [-0.39, 0.29) is 5.78 Å². The first-order chi connectivity index (χ1) is 11.0. The zero-order chi connectivity index (χ0) is 16.6. The van der Waals surface area contributed by atoms with E-state index in [4.69, 9.17) is 16.7 Å². The summed E-state index contributed by atoms with van der Waals surface area (Å²) in [4.78, 5) is 23.7. The highest BCUT2D eigenvalue weighted by Gasteiger charge is 2.26. The van der Waals surface area contributed by atoms with E-state index >= 15 is 0 Å². The first kappa shape index (κ1) is 15.5. The minimum Gasteiger partial charge on any atom is -0.481 e. The maximum Gasteiger partial charge on any atom is 0.310 e. The number of carboxylic acid groups (broad SMARTS) is 1. The van der Waals surface area contributed by atoms with Crippen molar-refractivity contribution in [2.75, 3.05) is 0 Å². The van der Waals surface area contributed by atoms with Crippen LogP contribution in [0.5, 0.6) is 0 Å². The van der Waals surface area contributed by atoms with Crippen molar-refractivity contribution in [3.8, 4) is 0 Å². The van der Waals surface area contributed by atoms with Gasteiger partial charge in [-0.2, -0.15) is 0 Å². The topological polar surface area (TPSA) is 54.4 Å². The Bertz CT molecular complexity index is 819. The highest BCUT2D eigenvalue weighted by Crippen LogP contribution is 2.30. The zero-order valence-corrected chi connectivity index (χ0v) is 13.3. The molecule has 0 aliphatic heterocycles. The van der Waals surface area contributed by atoms with Gasteiger partial charge >= 0.3 is 5.97 Å². The monoisotopic (exact) mass is 326 g/mol. The molecule has 1 atom stereocenters. The lowest BCUT2D eigenvalue weighted by Crippen LogP contribution is -2.08. The molecule has 1 aliphatic rings. The van der Waals surface area contributed by atoms with E-state index < -0.39 is 11.9 Å². The number of hydrogen-bond acceptors (Lipinski definition) is 2. The predicted octanol–water partition coefficient (Wildman–Crippen LogP) is 4.35. The molecule has 0 amide bonds. The van der Waals surface area contributed by atoms with E-state index in [9.17, 15) is 9.59 Å². The molecule has 0 bridgehead atoms. The zero-order valence-electron chi connectivity index (χ0n) is 12.5. The molecule has 0 saturated heterocycles. The van der Waals surface area contributed by atoms with Crippen molar-refractivity contribution < 1.29 is 14.7 Å². The fourth-order valence-corrected chi connectivity index (χ4v) is 2.83. The van der Waals surface area contributed by atoms with Crippen molar-refractivity contribution in [2.45, 2.75) is 19.3 Å². The van der Waals surface area contributed by atoms with Gasteiger partial charge in [0.15, 0.2) is 5.78 Å². The highest BCUT2D eigenvalue weighted by molar-refractivity contribution is 6.30. The number of Topliss-reactive ketones (excluding diaryl/α,β-unsaturated/α-hetero) is 1. The van der Waals surface area contributed by atoms with E-state index in [0.717, 1.165) is 11.1 Å². The van der Waals surface area contributed by atoms with Gasteiger partial charge in [-0.25, -0.2) is 0 Å². The number of ketones is 1. The standard InChI is InChI=1S/C19H15ClO3/c1-11(19(22)23)13-4-5-14-9-15(18(21)17(14)10-13)8-12-2-6-16(20)7-3-12/h2-8,10-11H,9H2,1H3,(H,22,23)/b15-8+. The molecule has 0 spiro atoms. The lowest BCUT2D eigenvalue weighted by Gasteiger charge is -2.07. The SMILES string of the molecule is CC(C(=O)O)c1ccc2c(c1)C(=O)/C(=C/c1ccc(Cl)cc1)C2. The summed E-state index contributed by atoms with van der Waals surface area (Å²) in [5.74, 6) is -1.56. The van der Waals surface area contributed by atoms with Gasteiger partial charge in [0.2, 0.25) is 0 Å². The summed E-state index contributed by atoms with van der Waals surface area (Å²) < 4.78 is 0. The summed E-state index contributed by atoms with van der Waals surface area (Å²) in [7, 11) is 0. The number of carboxylic acids is 1. The van der Waals surface area contributed by atoms with Crippen molar-refractivity contribution in [3.63, 3.8) is 0 Å². The Morgan fingerprint density at radius 2 is 1.91 bits per heavy atom. The average molecular weight is 327 g/mol. The van der Waals surface area contributed by atoms with Crippen LogP contribution in [0, 0.1) is 0 Å². The van der Waals surface area contributed by atoms with Crippen LogP contribution in [-0.4, -0.2) is 16.9 Å². The number of allylic oxidation sites excluding steroid dienone is 1. The molecule has 0 heterocycles. The van der Waals surface area contributed by atoms with Crippen LogP contribution in [0.25, 0.3) is 6.08 Å². The molecule has 23 heavy (non-hydrogen) atoms. The summed E-state index contributed by atoms with van der Waals surface area (Å²) >= 11 is 5.87. The number of benzene rings is 2. The van der Waals surface area contributed by atoms with Gasteiger partial charge in [-0.1, -0.05) is 35.9 Å². The van der Waals surface area contributed by atoms with Gasteiger partial charge in [0, 0.05) is 22.6 Å². The molecule has 0 aromatic heterocycles. The second-order valence-corrected chi connectivity index (χ2v) is 6.14. The first-order valence-corrected chi connectivity index (χ1v) is 7.70. The first-order valence-electron chi connectivity index (χ1n) is 7.32. The molecule has 0 fully saturated rings. The van der Waals surface area contributed by atoms with Gasteiger partial charge in [0.25, 0.3) is 0 Å². The Morgan fingerprint density at radius 3 is 2.57 bits per heavy atom. The molecule has 2 aromatic rings. The van der Waals surface area contributed by atoms with Gasteiger partial charge in [-0.05, 0) is 47.9 Å². The van der Waals surface area contributed by atoms with Crippen LogP contribution in [0.4, 0.5) is 0 Å². The molecule has 4 heteroatoms. The lowest BCUT2D eigenvalue weighted by atomic mass is 9.97. The van der Waals surface area contributed by atoms with E-state index in [1.54, 1.807) is 31.2 Å². The number of carbonyl (C=O) groups is 2. The Balaban J connectivity index is 1.93. The van der Waals surface area contributed by atoms with Crippen molar-refractivity contribution in [3.05, 3.63) is 75.3 Å². The molecule has 0 saturated carbocycles. The molecule has 1 N–H and O–H groups in total. The molecule has 1 aliphatic carbocycles. The van der Waals surface area contributed by atoms with Crippen LogP contribution in [-0.2, 0) is 11.2 Å². The fraction of sp³-hybridized carbons (Fsp3) is 0.158. The van der Waals surface area contributed by atoms with Gasteiger partial charge in [0.1, 0.15) is 0 Å². The third-order valence-corrected chi connectivity index (χ3v) is 4.38. The van der Waals surface area contributed by atoms with Crippen LogP contribution in [0.15, 0.2) is 48.0 Å². The number of aliphatic carboxylic acids is 1. The average Bonchev–Trinajstić information content (AvgIpc) is 2.84. The summed E-state index contributed by atoms with van der Waals surface area (Å²) in [6.45, 7) is 1.62. The fourth-order valence-electron chi connectivity index (χ4n) is 2.71. The second kappa shape index (κ2) is 6.01. The second-order valence-electron chi connectivity index (χ2n) is 5.70. The van der Waals surface area contributed by atoms with Crippen molar-refractivity contribution in [1.29, 1.82) is 0 Å². The van der Waals surface area contributed by atoms with Crippen molar-refractivity contribution in [1.82, 2.24) is 0 Å². The van der Waals surface area contributed by atoms with Gasteiger partial charge < -0.3 is 5.11 Å². The van der Waals surface area contributed by atoms with Crippen LogP contribution >= 0.6 is 11.6 Å². The summed E-state index contributed by atoms with van der Waals surface area (Å²) in [6.07, 6.45) is 2.43. The minimum atomic E-state index is -0.896. The minimum absolute atomic E-state index is 0.0330. The molecule has 0 radical (unpaired) electrons. The third-order valence-electron chi connectivity index (χ3n) is 4.13. The lowest BCUT2D eigenvalue weighted by molar-refractivity contribution is -0.138. The van der Waals surface area contributed by atoms with E-state index in [0.29, 0.717) is 28.1 Å². The van der Waals surface area contributed by atoms with Crippen molar-refractivity contribution >= 4 is 29.4 Å². The molecule has 3 nitrogen and oxygen atoms in total. The quantitative estimate of drug-likeness (QED) is 0.853. The molecular weight excluding hydrogens is 312 g/mol. The van der Waals surface area contributed by atoms with Crippen LogP contribution < -0.4 is 0 Å². The van der Waals surface area contributed by atoms with Crippen molar-refractivity contribution in [2.24, 2.45) is 0 Å². The van der Waals surface area contributed by atoms with Crippen LogP contribution in [0.3, 0.4) is 0 Å². The molecule has 116 valence electrons. The third kappa shape index (κ3) is 3.06. The highest BCUT2D eigenvalue weighted by atomic mass is 35.5. The Morgan fingerprint density at radius 1 is 1.22 bits per heavy atom. The predicted molar refractivity (Wildman–Crippen MR) is 90.0 cm³/mol. The summed E-state index contributed by atoms with van der Waals surface area (Å²) in [5.41, 5.74) is 3.83. The molecular formula is C19H15ClO3. The van der Waals surface area contributed by atoms with Gasteiger partial charge in [-0.3, -0.25) is 9.59 Å². The van der Waals surface area contributed by atoms with E-state index in [1.807, 2.05) is 24.3 Å². The number of halogens is 1. The van der Waals surface area contributed by atoms with Crippen LogP contribution in [0.2, 0.25) is 5.02 Å². The molecule has 3 rings (SSSR count). The number of fused-ring (bicyclic) bond motifs is 1. The molecule has 2 aromatic carbocycles. The summed E-state index contributed by atoms with van der Waals surface area (Å²) in [5, 5.41) is 9.77. The maximum atomic E-state index is 12.6. The van der Waals surface area contributed by atoms with Gasteiger partial charge in [0.05, 0.1) is 5.92 Å². The number of carbonyl (C=O) groups excluding carboxylic acids is 1. The Hall–Kier alpha value is -2.39. The van der Waals surface area contributed by atoms with E-state index in [1.165, 1.54) is 0 Å². The smallest absolute Gasteiger partial charge is 0.310 e. The largest absolute Gasteiger partial charge is 0.481 e. The number of rotatable bonds is 3. The van der Waals surface area contributed by atoms with Gasteiger partial charge in [-0.15, -0.1) is 0 Å².